The molecular formula is C8H16Cl2N4. The highest BCUT2D eigenvalue weighted by atomic mass is 35.5. The smallest absolute Gasteiger partial charge is 0.114 e. The lowest BCUT2D eigenvalue weighted by atomic mass is 10.4. The van der Waals surface area contributed by atoms with Gasteiger partial charge in [-0.05, 0) is 6.92 Å². The molecule has 0 spiro atoms. The Balaban J connectivity index is 3.54. The quantitative estimate of drug-likeness (QED) is 0.207. The lowest BCUT2D eigenvalue weighted by Crippen LogP contribution is -2.26. The summed E-state index contributed by atoms with van der Waals surface area (Å²) in [6, 6.07) is 0.217. The predicted octanol–water partition coefficient (Wildman–Crippen LogP) is 1.39. The highest BCUT2D eigenvalue weighted by Gasteiger charge is 1.92. The van der Waals surface area contributed by atoms with Gasteiger partial charge in [0.2, 0.25) is 0 Å². The Morgan fingerprint density at radius 3 is 2.79 bits per heavy atom. The van der Waals surface area contributed by atoms with Gasteiger partial charge in [0.1, 0.15) is 11.2 Å². The van der Waals surface area contributed by atoms with Gasteiger partial charge in [-0.25, -0.2) is 5.43 Å². The van der Waals surface area contributed by atoms with Crippen molar-refractivity contribution in [1.82, 2.24) is 16.2 Å². The molecular weight excluding hydrogens is 223 g/mol. The molecule has 82 valence electrons. The van der Waals surface area contributed by atoms with Crippen molar-refractivity contribution in [3.05, 3.63) is 11.9 Å². The molecule has 0 saturated carbocycles. The van der Waals surface area contributed by atoms with E-state index < -0.39 is 0 Å². The Morgan fingerprint density at radius 2 is 2.21 bits per heavy atom. The first kappa shape index (κ1) is 13.5. The molecule has 0 aliphatic rings. The zero-order chi connectivity index (χ0) is 10.8. The van der Waals surface area contributed by atoms with Crippen LogP contribution in [-0.4, -0.2) is 24.8 Å². The van der Waals surface area contributed by atoms with Crippen molar-refractivity contribution in [2.45, 2.75) is 13.3 Å². The molecule has 0 bridgehead atoms. The first-order valence-electron chi connectivity index (χ1n) is 4.28. The van der Waals surface area contributed by atoms with Crippen LogP contribution in [-0.2, 0) is 0 Å². The van der Waals surface area contributed by atoms with E-state index in [9.17, 15) is 0 Å². The van der Waals surface area contributed by atoms with Gasteiger partial charge in [-0.1, -0.05) is 11.6 Å². The summed E-state index contributed by atoms with van der Waals surface area (Å²) in [6.45, 7) is 2.68. The van der Waals surface area contributed by atoms with Gasteiger partial charge >= 0.3 is 0 Å². The van der Waals surface area contributed by atoms with Gasteiger partial charge in [-0.15, -0.1) is 11.6 Å². The SMILES string of the molecule is CNN/C(C)=C\NCC/C(Cl)=N\CCl. The molecule has 0 rings (SSSR count). The number of aliphatic imine (C=N–C) groups is 1. The third-order valence-corrected chi connectivity index (χ3v) is 1.78. The summed E-state index contributed by atoms with van der Waals surface area (Å²) in [5, 5.41) is 3.63. The Morgan fingerprint density at radius 1 is 1.50 bits per heavy atom. The van der Waals surface area contributed by atoms with Gasteiger partial charge in [0.05, 0.1) is 0 Å². The lowest BCUT2D eigenvalue weighted by Gasteiger charge is -2.04. The molecule has 14 heavy (non-hydrogen) atoms. The molecule has 0 aromatic carbocycles. The molecule has 0 heterocycles. The van der Waals surface area contributed by atoms with Gasteiger partial charge in [0, 0.05) is 31.9 Å². The molecule has 0 fully saturated rings. The van der Waals surface area contributed by atoms with Crippen molar-refractivity contribution in [3.8, 4) is 0 Å². The maximum absolute atomic E-state index is 5.73. The fourth-order valence-corrected chi connectivity index (χ4v) is 1.14. The molecule has 0 aliphatic heterocycles. The van der Waals surface area contributed by atoms with Crippen molar-refractivity contribution in [3.63, 3.8) is 0 Å². The topological polar surface area (TPSA) is 48.4 Å². The van der Waals surface area contributed by atoms with Crippen LogP contribution in [0.4, 0.5) is 0 Å². The fraction of sp³-hybridized carbons (Fsp3) is 0.625. The van der Waals surface area contributed by atoms with Crippen molar-refractivity contribution < 1.29 is 0 Å². The van der Waals surface area contributed by atoms with Crippen LogP contribution < -0.4 is 16.2 Å². The summed E-state index contributed by atoms with van der Waals surface area (Å²) in [5.74, 6) is 0. The van der Waals surface area contributed by atoms with Gasteiger partial charge in [0.15, 0.2) is 0 Å². The Hall–Kier alpha value is -0.450. The number of allylic oxidation sites excluding steroid dienone is 1. The average Bonchev–Trinajstić information content (AvgIpc) is 2.13. The number of rotatable bonds is 7. The Labute approximate surface area is 94.7 Å². The van der Waals surface area contributed by atoms with E-state index in [-0.39, 0.29) is 6.00 Å². The van der Waals surface area contributed by atoms with E-state index in [2.05, 4.69) is 21.2 Å². The summed E-state index contributed by atoms with van der Waals surface area (Å²) in [6.07, 6.45) is 2.54. The third-order valence-electron chi connectivity index (χ3n) is 1.35. The number of nitrogens with zero attached hydrogens (tertiary/aromatic N) is 1. The minimum absolute atomic E-state index is 0.217. The maximum atomic E-state index is 5.73. The molecule has 0 atom stereocenters. The van der Waals surface area contributed by atoms with Crippen LogP contribution in [0.1, 0.15) is 13.3 Å². The van der Waals surface area contributed by atoms with Gasteiger partial charge in [0.25, 0.3) is 0 Å². The summed E-state index contributed by atoms with van der Waals surface area (Å²) in [7, 11) is 1.81. The van der Waals surface area contributed by atoms with Gasteiger partial charge in [-0.3, -0.25) is 4.99 Å². The number of hydrogen-bond donors (Lipinski definition) is 3. The molecule has 0 aromatic rings. The molecule has 0 unspecified atom stereocenters. The minimum atomic E-state index is 0.217. The van der Waals surface area contributed by atoms with Crippen LogP contribution >= 0.6 is 23.2 Å². The van der Waals surface area contributed by atoms with Crippen LogP contribution in [0.25, 0.3) is 0 Å². The Bertz CT molecular complexity index is 204. The molecule has 0 radical (unpaired) electrons. The van der Waals surface area contributed by atoms with Crippen LogP contribution in [0.2, 0.25) is 0 Å². The monoisotopic (exact) mass is 238 g/mol. The summed E-state index contributed by atoms with van der Waals surface area (Å²) >= 11 is 11.1. The van der Waals surface area contributed by atoms with Crippen molar-refractivity contribution >= 4 is 28.4 Å². The average molecular weight is 239 g/mol. The van der Waals surface area contributed by atoms with E-state index in [0.29, 0.717) is 11.6 Å². The summed E-state index contributed by atoms with van der Waals surface area (Å²) in [5.41, 5.74) is 6.73. The molecule has 0 amide bonds. The minimum Gasteiger partial charge on any atom is -0.389 e. The first-order chi connectivity index (χ1) is 6.70. The standard InChI is InChI=1S/C8H16Cl2N4/c1-7(14-11-2)5-12-4-3-8(10)13-6-9/h5,11-12,14H,3-4,6H2,1-2H3/b7-5-,13-8+. The molecule has 0 aromatic heterocycles. The van der Waals surface area contributed by atoms with Crippen LogP contribution in [0.3, 0.4) is 0 Å². The number of hydrazine groups is 1. The van der Waals surface area contributed by atoms with E-state index in [4.69, 9.17) is 23.2 Å². The molecule has 6 heteroatoms. The summed E-state index contributed by atoms with van der Waals surface area (Å²) < 4.78 is 0. The second kappa shape index (κ2) is 9.12. The second-order valence-corrected chi connectivity index (χ2v) is 3.24. The molecule has 4 nitrogen and oxygen atoms in total. The summed E-state index contributed by atoms with van der Waals surface area (Å²) in [4.78, 5) is 3.84. The van der Waals surface area contributed by atoms with Crippen molar-refractivity contribution in [2.75, 3.05) is 19.6 Å². The number of alkyl halides is 1. The molecule has 3 N–H and O–H groups in total. The van der Waals surface area contributed by atoms with E-state index in [1.54, 1.807) is 7.05 Å². The largest absolute Gasteiger partial charge is 0.389 e. The zero-order valence-corrected chi connectivity index (χ0v) is 9.91. The van der Waals surface area contributed by atoms with E-state index in [1.807, 2.05) is 13.1 Å². The molecule has 0 saturated heterocycles. The second-order valence-electron chi connectivity index (χ2n) is 2.56. The lowest BCUT2D eigenvalue weighted by molar-refractivity contribution is 0.679. The van der Waals surface area contributed by atoms with E-state index >= 15 is 0 Å². The van der Waals surface area contributed by atoms with Crippen LogP contribution in [0.5, 0.6) is 0 Å². The zero-order valence-electron chi connectivity index (χ0n) is 8.40. The number of hydrogen-bond acceptors (Lipinski definition) is 4. The van der Waals surface area contributed by atoms with Crippen molar-refractivity contribution in [1.29, 1.82) is 0 Å². The third kappa shape index (κ3) is 8.16. The normalized spacial score (nSPS) is 12.9. The predicted molar refractivity (Wildman–Crippen MR) is 62.6 cm³/mol. The number of halogens is 2. The van der Waals surface area contributed by atoms with E-state index in [0.717, 1.165) is 12.2 Å². The highest BCUT2D eigenvalue weighted by molar-refractivity contribution is 6.65. The van der Waals surface area contributed by atoms with Gasteiger partial charge in [-0.2, -0.15) is 0 Å². The Kier molecular flexibility index (Phi) is 8.83. The van der Waals surface area contributed by atoms with Crippen molar-refractivity contribution in [2.24, 2.45) is 4.99 Å². The first-order valence-corrected chi connectivity index (χ1v) is 5.19. The molecule has 0 aliphatic carbocycles. The maximum Gasteiger partial charge on any atom is 0.114 e. The van der Waals surface area contributed by atoms with Gasteiger partial charge < -0.3 is 10.7 Å². The van der Waals surface area contributed by atoms with Crippen LogP contribution in [0.15, 0.2) is 16.9 Å². The number of nitrogens with one attached hydrogen (secondary N) is 3. The fourth-order valence-electron chi connectivity index (χ4n) is 0.778. The van der Waals surface area contributed by atoms with Crippen LogP contribution in [0, 0.1) is 0 Å². The van der Waals surface area contributed by atoms with E-state index in [1.165, 1.54) is 0 Å². The highest BCUT2D eigenvalue weighted by Crippen LogP contribution is 1.93.